The minimum Gasteiger partial charge on any atom is -0.508 e. The van der Waals surface area contributed by atoms with Gasteiger partial charge in [-0.1, -0.05) is 58.4 Å². The number of aromatic nitrogens is 1. The van der Waals surface area contributed by atoms with Crippen molar-refractivity contribution in [3.05, 3.63) is 105 Å². The van der Waals surface area contributed by atoms with Crippen LogP contribution in [-0.4, -0.2) is 16.1 Å². The number of para-hydroxylation sites is 1. The lowest BCUT2D eigenvalue weighted by Crippen LogP contribution is -2.10. The number of phenols is 1. The van der Waals surface area contributed by atoms with Crippen LogP contribution in [0.15, 0.2) is 77.3 Å². The molecule has 158 valence electrons. The molecule has 0 saturated heterocycles. The van der Waals surface area contributed by atoms with E-state index < -0.39 is 0 Å². The largest absolute Gasteiger partial charge is 0.508 e. The van der Waals surface area contributed by atoms with E-state index in [-0.39, 0.29) is 18.3 Å². The van der Waals surface area contributed by atoms with E-state index in [1.807, 2.05) is 60.7 Å². The fraction of sp³-hybridized carbons (Fsp3) is 0.111. The molecule has 3 aromatic carbocycles. The summed E-state index contributed by atoms with van der Waals surface area (Å²) in [4.78, 5) is 18.1. The van der Waals surface area contributed by atoms with Crippen LogP contribution in [0.3, 0.4) is 0 Å². The van der Waals surface area contributed by atoms with Gasteiger partial charge in [0, 0.05) is 9.86 Å². The van der Waals surface area contributed by atoms with E-state index in [4.69, 9.17) is 9.72 Å². The number of rotatable bonds is 4. The third kappa shape index (κ3) is 4.04. The fourth-order valence-corrected chi connectivity index (χ4v) is 4.35. The summed E-state index contributed by atoms with van der Waals surface area (Å²) in [6.07, 6.45) is 3.61. The number of halogens is 1. The minimum absolute atomic E-state index is 0.216. The number of hydrogen-bond donors (Lipinski definition) is 1. The third-order valence-corrected chi connectivity index (χ3v) is 6.19. The van der Waals surface area contributed by atoms with Gasteiger partial charge in [-0.3, -0.25) is 0 Å². The van der Waals surface area contributed by atoms with Crippen molar-refractivity contribution < 1.29 is 14.6 Å². The summed E-state index contributed by atoms with van der Waals surface area (Å²) in [5, 5.41) is 10.4. The molecular weight excluding hydrogens is 466 g/mol. The van der Waals surface area contributed by atoms with Crippen molar-refractivity contribution in [2.24, 2.45) is 0 Å². The van der Waals surface area contributed by atoms with Crippen LogP contribution >= 0.6 is 15.9 Å². The number of carbonyl (C=O) groups is 1. The minimum atomic E-state index is -0.325. The second-order valence-corrected chi connectivity index (χ2v) is 8.71. The third-order valence-electron chi connectivity index (χ3n) is 5.66. The monoisotopic (exact) mass is 485 g/mol. The molecule has 5 rings (SSSR count). The Balaban J connectivity index is 1.53. The number of fused-ring (bicyclic) bond motifs is 2. The Kier molecular flexibility index (Phi) is 5.50. The first-order chi connectivity index (χ1) is 15.6. The number of ether oxygens (including phenoxy) is 1. The van der Waals surface area contributed by atoms with Gasteiger partial charge in [0.2, 0.25) is 0 Å². The molecular formula is C27H20BrNO3. The summed E-state index contributed by atoms with van der Waals surface area (Å²) in [7, 11) is 0. The van der Waals surface area contributed by atoms with E-state index in [0.717, 1.165) is 56.2 Å². The molecule has 0 unspecified atom stereocenters. The molecule has 0 spiro atoms. The number of aromatic hydroxyl groups is 1. The molecule has 4 aromatic rings. The SMILES string of the molecule is O=C(OCc1ccc(Br)cc1)c1c2c(nc3ccccc13)C(=Cc1ccc(O)cc1)CC2. The summed E-state index contributed by atoms with van der Waals surface area (Å²) in [6.45, 7) is 0.216. The van der Waals surface area contributed by atoms with Crippen molar-refractivity contribution in [1.82, 2.24) is 4.98 Å². The Hall–Kier alpha value is -3.44. The van der Waals surface area contributed by atoms with E-state index in [0.29, 0.717) is 5.56 Å². The molecule has 5 heteroatoms. The summed E-state index contributed by atoms with van der Waals surface area (Å²) in [6, 6.07) is 22.5. The quantitative estimate of drug-likeness (QED) is 0.333. The lowest BCUT2D eigenvalue weighted by Gasteiger charge is -2.12. The van der Waals surface area contributed by atoms with Crippen LogP contribution in [0.1, 0.15) is 39.2 Å². The molecule has 0 amide bonds. The normalized spacial score (nSPS) is 14.0. The maximum Gasteiger partial charge on any atom is 0.339 e. The standard InChI is InChI=1S/C27H20BrNO3/c28-20-10-5-18(6-11-20)16-32-27(31)25-22-3-1-2-4-24(22)29-26-19(9-14-23(25)26)15-17-7-12-21(30)13-8-17/h1-8,10-13,15,30H,9,14,16H2. The maximum absolute atomic E-state index is 13.3. The van der Waals surface area contributed by atoms with Crippen LogP contribution < -0.4 is 0 Å². The van der Waals surface area contributed by atoms with Crippen molar-refractivity contribution >= 4 is 44.5 Å². The summed E-state index contributed by atoms with van der Waals surface area (Å²) >= 11 is 3.42. The Morgan fingerprint density at radius 2 is 1.75 bits per heavy atom. The lowest BCUT2D eigenvalue weighted by atomic mass is 10.0. The highest BCUT2D eigenvalue weighted by Gasteiger charge is 2.27. The number of benzene rings is 3. The van der Waals surface area contributed by atoms with Crippen LogP contribution in [0.2, 0.25) is 0 Å². The molecule has 0 bridgehead atoms. The van der Waals surface area contributed by atoms with E-state index in [1.165, 1.54) is 0 Å². The van der Waals surface area contributed by atoms with Crippen molar-refractivity contribution in [3.63, 3.8) is 0 Å². The van der Waals surface area contributed by atoms with Gasteiger partial charge in [-0.15, -0.1) is 0 Å². The average molecular weight is 486 g/mol. The van der Waals surface area contributed by atoms with Gasteiger partial charge in [0.25, 0.3) is 0 Å². The summed E-state index contributed by atoms with van der Waals surface area (Å²) in [5.74, 6) is -0.0902. The molecule has 0 atom stereocenters. The first-order valence-electron chi connectivity index (χ1n) is 10.4. The Morgan fingerprint density at radius 3 is 2.53 bits per heavy atom. The predicted molar refractivity (Wildman–Crippen MR) is 129 cm³/mol. The van der Waals surface area contributed by atoms with Crippen molar-refractivity contribution in [2.45, 2.75) is 19.4 Å². The van der Waals surface area contributed by atoms with Crippen LogP contribution in [0.5, 0.6) is 5.75 Å². The first-order valence-corrected chi connectivity index (χ1v) is 11.2. The van der Waals surface area contributed by atoms with Gasteiger partial charge in [0.15, 0.2) is 0 Å². The van der Waals surface area contributed by atoms with Gasteiger partial charge >= 0.3 is 5.97 Å². The molecule has 1 aliphatic rings. The van der Waals surface area contributed by atoms with Gasteiger partial charge in [-0.2, -0.15) is 0 Å². The van der Waals surface area contributed by atoms with Crippen molar-refractivity contribution in [3.8, 4) is 5.75 Å². The zero-order valence-electron chi connectivity index (χ0n) is 17.2. The molecule has 4 nitrogen and oxygen atoms in total. The summed E-state index contributed by atoms with van der Waals surface area (Å²) < 4.78 is 6.71. The number of allylic oxidation sites excluding steroid dienone is 1. The van der Waals surface area contributed by atoms with Crippen LogP contribution in [-0.2, 0) is 17.8 Å². The fourth-order valence-electron chi connectivity index (χ4n) is 4.09. The van der Waals surface area contributed by atoms with Gasteiger partial charge in [-0.25, -0.2) is 9.78 Å². The molecule has 32 heavy (non-hydrogen) atoms. The predicted octanol–water partition coefficient (Wildman–Crippen LogP) is 6.55. The van der Waals surface area contributed by atoms with Crippen LogP contribution in [0, 0.1) is 0 Å². The molecule has 0 saturated carbocycles. The van der Waals surface area contributed by atoms with Gasteiger partial charge in [0.05, 0.1) is 16.8 Å². The maximum atomic E-state index is 13.3. The Labute approximate surface area is 194 Å². The van der Waals surface area contributed by atoms with Gasteiger partial charge in [-0.05, 0) is 71.5 Å². The van der Waals surface area contributed by atoms with Gasteiger partial charge in [0.1, 0.15) is 12.4 Å². The molecule has 1 heterocycles. The van der Waals surface area contributed by atoms with Crippen LogP contribution in [0.25, 0.3) is 22.6 Å². The number of carbonyl (C=O) groups excluding carboxylic acids is 1. The van der Waals surface area contributed by atoms with Gasteiger partial charge < -0.3 is 9.84 Å². The second kappa shape index (κ2) is 8.60. The summed E-state index contributed by atoms with van der Waals surface area (Å²) in [5.41, 5.74) is 6.18. The molecule has 1 aliphatic carbocycles. The van der Waals surface area contributed by atoms with E-state index in [9.17, 15) is 9.90 Å². The molecule has 0 fully saturated rings. The molecule has 1 aromatic heterocycles. The number of pyridine rings is 1. The lowest BCUT2D eigenvalue weighted by molar-refractivity contribution is 0.0474. The molecule has 0 aliphatic heterocycles. The van der Waals surface area contributed by atoms with Crippen molar-refractivity contribution in [1.29, 1.82) is 0 Å². The smallest absolute Gasteiger partial charge is 0.339 e. The van der Waals surface area contributed by atoms with E-state index in [2.05, 4.69) is 22.0 Å². The zero-order chi connectivity index (χ0) is 22.1. The topological polar surface area (TPSA) is 59.4 Å². The number of esters is 1. The highest BCUT2D eigenvalue weighted by Crippen LogP contribution is 2.38. The number of nitrogens with zero attached hydrogens (tertiary/aromatic N) is 1. The Morgan fingerprint density at radius 1 is 1.00 bits per heavy atom. The number of phenolic OH excluding ortho intramolecular Hbond substituents is 1. The number of hydrogen-bond acceptors (Lipinski definition) is 4. The molecule has 1 N–H and O–H groups in total. The highest BCUT2D eigenvalue weighted by atomic mass is 79.9. The van der Waals surface area contributed by atoms with E-state index >= 15 is 0 Å². The highest BCUT2D eigenvalue weighted by molar-refractivity contribution is 9.10. The van der Waals surface area contributed by atoms with Crippen LogP contribution in [0.4, 0.5) is 0 Å². The van der Waals surface area contributed by atoms with Crippen molar-refractivity contribution in [2.75, 3.05) is 0 Å². The Bertz CT molecular complexity index is 1340. The molecule has 0 radical (unpaired) electrons. The van der Waals surface area contributed by atoms with E-state index in [1.54, 1.807) is 12.1 Å². The second-order valence-electron chi connectivity index (χ2n) is 7.79. The first kappa shape index (κ1) is 20.5. The zero-order valence-corrected chi connectivity index (χ0v) is 18.8. The average Bonchev–Trinajstić information content (AvgIpc) is 3.20.